The highest BCUT2D eigenvalue weighted by Crippen LogP contribution is 2.23. The molecule has 0 atom stereocenters. The molecule has 2 aromatic heterocycles. The summed E-state index contributed by atoms with van der Waals surface area (Å²) in [4.78, 5) is 16.5. The Morgan fingerprint density at radius 3 is 2.60 bits per heavy atom. The number of hydrogen-bond donors (Lipinski definition) is 1. The van der Waals surface area contributed by atoms with Crippen molar-refractivity contribution >= 4 is 38.0 Å². The number of imidazole rings is 1. The first-order valence-electron chi connectivity index (χ1n) is 6.15. The fraction of sp³-hybridized carbons (Fsp3) is 0. The summed E-state index contributed by atoms with van der Waals surface area (Å²) in [6, 6.07) is 12.0. The molecule has 0 aliphatic heterocycles. The van der Waals surface area contributed by atoms with Crippen LogP contribution in [0, 0.1) is 0 Å². The molecule has 4 nitrogen and oxygen atoms in total. The van der Waals surface area contributed by atoms with Gasteiger partial charge < -0.3 is 4.98 Å². The van der Waals surface area contributed by atoms with Crippen molar-refractivity contribution in [3.63, 3.8) is 0 Å². The van der Waals surface area contributed by atoms with Crippen molar-refractivity contribution in [2.45, 2.75) is 0 Å². The van der Waals surface area contributed by atoms with Gasteiger partial charge in [0.25, 0.3) is 0 Å². The van der Waals surface area contributed by atoms with E-state index in [1.807, 2.05) is 36.4 Å². The molecule has 2 heterocycles. The number of aromatic nitrogens is 4. The molecule has 0 amide bonds. The molecule has 96 valence electrons. The highest BCUT2D eigenvalue weighted by atomic mass is 79.9. The molecule has 4 rings (SSSR count). The van der Waals surface area contributed by atoms with Gasteiger partial charge in [0.15, 0.2) is 0 Å². The minimum Gasteiger partial charge on any atom is -0.345 e. The van der Waals surface area contributed by atoms with E-state index in [2.05, 4.69) is 35.9 Å². The Labute approximate surface area is 123 Å². The van der Waals surface area contributed by atoms with Gasteiger partial charge in [0.05, 0.1) is 40.3 Å². The second kappa shape index (κ2) is 4.38. The zero-order chi connectivity index (χ0) is 13.5. The topological polar surface area (TPSA) is 54.5 Å². The lowest BCUT2D eigenvalue weighted by atomic mass is 10.1. The van der Waals surface area contributed by atoms with Crippen molar-refractivity contribution in [3.8, 4) is 11.3 Å². The van der Waals surface area contributed by atoms with Gasteiger partial charge in [-0.25, -0.2) is 9.97 Å². The summed E-state index contributed by atoms with van der Waals surface area (Å²) >= 11 is 3.43. The predicted molar refractivity (Wildman–Crippen MR) is 82.3 cm³/mol. The van der Waals surface area contributed by atoms with Crippen molar-refractivity contribution in [2.75, 3.05) is 0 Å². The second-order valence-corrected chi connectivity index (χ2v) is 5.44. The third-order valence-corrected chi connectivity index (χ3v) is 3.75. The molecule has 0 unspecified atom stereocenters. The summed E-state index contributed by atoms with van der Waals surface area (Å²) in [5, 5.41) is 0. The quantitative estimate of drug-likeness (QED) is 0.577. The van der Waals surface area contributed by atoms with Gasteiger partial charge in [-0.2, -0.15) is 0 Å². The fourth-order valence-corrected chi connectivity index (χ4v) is 2.47. The summed E-state index contributed by atoms with van der Waals surface area (Å²) in [5.74, 6) is 0. The zero-order valence-corrected chi connectivity index (χ0v) is 11.9. The number of nitrogens with one attached hydrogen (secondary N) is 1. The van der Waals surface area contributed by atoms with Crippen molar-refractivity contribution in [1.82, 2.24) is 19.9 Å². The fourth-order valence-electron chi connectivity index (χ4n) is 2.20. The lowest BCUT2D eigenvalue weighted by Gasteiger charge is -2.03. The summed E-state index contributed by atoms with van der Waals surface area (Å²) in [6.07, 6.45) is 3.48. The molecule has 0 fully saturated rings. The SMILES string of the molecule is Brc1ccc(-c2cnc3cc4[nH]cnc4cc3n2)cc1. The molecule has 4 aromatic rings. The van der Waals surface area contributed by atoms with Crippen LogP contribution in [0.1, 0.15) is 0 Å². The van der Waals surface area contributed by atoms with E-state index in [0.717, 1.165) is 37.8 Å². The number of hydrogen-bond acceptors (Lipinski definition) is 3. The number of halogens is 1. The highest BCUT2D eigenvalue weighted by molar-refractivity contribution is 9.10. The molecule has 0 aliphatic carbocycles. The van der Waals surface area contributed by atoms with Crippen molar-refractivity contribution in [1.29, 1.82) is 0 Å². The standard InChI is InChI=1S/C15H9BrN4/c16-10-3-1-9(2-4-10)15-7-17-13-5-11-12(19-8-18-11)6-14(13)20-15/h1-8H,(H,18,19). The molecule has 5 heteroatoms. The molecule has 0 spiro atoms. The van der Waals surface area contributed by atoms with Gasteiger partial charge in [-0.15, -0.1) is 0 Å². The molecule has 0 bridgehead atoms. The predicted octanol–water partition coefficient (Wildman–Crippen LogP) is 3.94. The summed E-state index contributed by atoms with van der Waals surface area (Å²) in [6.45, 7) is 0. The van der Waals surface area contributed by atoms with E-state index in [0.29, 0.717) is 0 Å². The van der Waals surface area contributed by atoms with Crippen LogP contribution < -0.4 is 0 Å². The maximum absolute atomic E-state index is 4.67. The summed E-state index contributed by atoms with van der Waals surface area (Å²) in [7, 11) is 0. The van der Waals surface area contributed by atoms with Crippen LogP contribution in [-0.4, -0.2) is 19.9 Å². The Morgan fingerprint density at radius 2 is 1.75 bits per heavy atom. The average molecular weight is 325 g/mol. The smallest absolute Gasteiger partial charge is 0.0931 e. The molecular weight excluding hydrogens is 316 g/mol. The van der Waals surface area contributed by atoms with E-state index in [4.69, 9.17) is 0 Å². The van der Waals surface area contributed by atoms with Gasteiger partial charge in [-0.1, -0.05) is 28.1 Å². The van der Waals surface area contributed by atoms with Crippen LogP contribution >= 0.6 is 15.9 Å². The number of nitrogens with zero attached hydrogens (tertiary/aromatic N) is 3. The summed E-state index contributed by atoms with van der Waals surface area (Å²) < 4.78 is 1.05. The zero-order valence-electron chi connectivity index (χ0n) is 10.3. The van der Waals surface area contributed by atoms with E-state index in [9.17, 15) is 0 Å². The van der Waals surface area contributed by atoms with Gasteiger partial charge in [0.1, 0.15) is 0 Å². The third-order valence-electron chi connectivity index (χ3n) is 3.22. The van der Waals surface area contributed by atoms with Crippen LogP contribution in [0.15, 0.2) is 53.4 Å². The molecule has 20 heavy (non-hydrogen) atoms. The normalized spacial score (nSPS) is 11.2. The maximum Gasteiger partial charge on any atom is 0.0931 e. The summed E-state index contributed by atoms with van der Waals surface area (Å²) in [5.41, 5.74) is 5.50. The second-order valence-electron chi connectivity index (χ2n) is 4.52. The lowest BCUT2D eigenvalue weighted by Crippen LogP contribution is -1.89. The maximum atomic E-state index is 4.67. The molecule has 0 radical (unpaired) electrons. The Kier molecular flexibility index (Phi) is 2.53. The Morgan fingerprint density at radius 1 is 0.900 bits per heavy atom. The number of rotatable bonds is 1. The van der Waals surface area contributed by atoms with Gasteiger partial charge >= 0.3 is 0 Å². The van der Waals surface area contributed by atoms with Gasteiger partial charge in [0.2, 0.25) is 0 Å². The highest BCUT2D eigenvalue weighted by Gasteiger charge is 2.05. The number of fused-ring (bicyclic) bond motifs is 2. The van der Waals surface area contributed by atoms with E-state index in [1.165, 1.54) is 0 Å². The molecular formula is C15H9BrN4. The first kappa shape index (κ1) is 11.5. The third kappa shape index (κ3) is 1.87. The van der Waals surface area contributed by atoms with Crippen LogP contribution in [0.4, 0.5) is 0 Å². The van der Waals surface area contributed by atoms with E-state index >= 15 is 0 Å². The van der Waals surface area contributed by atoms with Crippen molar-refractivity contribution in [2.24, 2.45) is 0 Å². The first-order valence-corrected chi connectivity index (χ1v) is 6.95. The largest absolute Gasteiger partial charge is 0.345 e. The van der Waals surface area contributed by atoms with Gasteiger partial charge in [-0.3, -0.25) is 4.98 Å². The lowest BCUT2D eigenvalue weighted by molar-refractivity contribution is 1.30. The van der Waals surface area contributed by atoms with Crippen LogP contribution in [0.3, 0.4) is 0 Å². The number of benzene rings is 2. The molecule has 0 saturated carbocycles. The van der Waals surface area contributed by atoms with E-state index < -0.39 is 0 Å². The monoisotopic (exact) mass is 324 g/mol. The minimum absolute atomic E-state index is 0.852. The van der Waals surface area contributed by atoms with E-state index in [-0.39, 0.29) is 0 Å². The number of aromatic amines is 1. The average Bonchev–Trinajstić information content (AvgIpc) is 2.92. The van der Waals surface area contributed by atoms with Crippen LogP contribution in [0.2, 0.25) is 0 Å². The molecule has 2 aromatic carbocycles. The minimum atomic E-state index is 0.852. The van der Waals surface area contributed by atoms with Gasteiger partial charge in [-0.05, 0) is 24.3 Å². The first-order chi connectivity index (χ1) is 9.79. The molecule has 0 aliphatic rings. The van der Waals surface area contributed by atoms with Crippen LogP contribution in [0.5, 0.6) is 0 Å². The van der Waals surface area contributed by atoms with Crippen molar-refractivity contribution in [3.05, 3.63) is 53.4 Å². The Hall–Kier alpha value is -2.27. The van der Waals surface area contributed by atoms with E-state index in [1.54, 1.807) is 12.5 Å². The number of H-pyrrole nitrogens is 1. The Balaban J connectivity index is 1.92. The Bertz CT molecular complexity index is 912. The molecule has 1 N–H and O–H groups in total. The van der Waals surface area contributed by atoms with Gasteiger partial charge in [0, 0.05) is 10.0 Å². The van der Waals surface area contributed by atoms with Crippen LogP contribution in [0.25, 0.3) is 33.3 Å². The van der Waals surface area contributed by atoms with Crippen molar-refractivity contribution < 1.29 is 0 Å². The van der Waals surface area contributed by atoms with Crippen LogP contribution in [-0.2, 0) is 0 Å². The molecule has 0 saturated heterocycles.